The highest BCUT2D eigenvalue weighted by Gasteiger charge is 2.43. The van der Waals surface area contributed by atoms with Crippen LogP contribution in [-0.4, -0.2) is 62.3 Å². The number of hydrogen-bond acceptors (Lipinski definition) is 2. The Kier molecular flexibility index (Phi) is 7.23. The van der Waals surface area contributed by atoms with Crippen LogP contribution in [0, 0.1) is 0 Å². The van der Waals surface area contributed by atoms with Gasteiger partial charge in [0.05, 0.1) is 0 Å². The molecule has 4 fully saturated rings. The minimum absolute atomic E-state index is 0.244. The number of allylic oxidation sites excluding steroid dienone is 1. The number of rotatable bonds is 3. The van der Waals surface area contributed by atoms with Crippen molar-refractivity contribution in [1.29, 1.82) is 0 Å². The van der Waals surface area contributed by atoms with Crippen LogP contribution in [0.25, 0.3) is 0 Å². The molecule has 3 saturated carbocycles. The van der Waals surface area contributed by atoms with Crippen LogP contribution in [0.2, 0.25) is 0 Å². The van der Waals surface area contributed by atoms with Crippen LogP contribution < -0.4 is 0 Å². The van der Waals surface area contributed by atoms with Crippen LogP contribution >= 0.6 is 7.92 Å². The van der Waals surface area contributed by atoms with Crippen LogP contribution in [0.5, 0.6) is 0 Å². The van der Waals surface area contributed by atoms with Gasteiger partial charge in [0, 0.05) is 18.7 Å². The van der Waals surface area contributed by atoms with E-state index in [9.17, 15) is 19.8 Å². The van der Waals surface area contributed by atoms with E-state index in [1.165, 1.54) is 86.0 Å². The zero-order valence-corrected chi connectivity index (χ0v) is 19.0. The molecule has 6 nitrogen and oxygen atoms in total. The molecule has 7 heteroatoms. The number of nitrogens with zero attached hydrogens (tertiary/aromatic N) is 2. The van der Waals surface area contributed by atoms with Crippen molar-refractivity contribution in [2.75, 3.05) is 13.1 Å². The summed E-state index contributed by atoms with van der Waals surface area (Å²) in [5.41, 5.74) is 3.16. The molecule has 2 N–H and O–H groups in total. The van der Waals surface area contributed by atoms with E-state index in [4.69, 9.17) is 0 Å². The van der Waals surface area contributed by atoms with Crippen LogP contribution in [0.1, 0.15) is 89.9 Å². The van der Waals surface area contributed by atoms with E-state index in [2.05, 4.69) is 0 Å². The van der Waals surface area contributed by atoms with E-state index in [1.807, 2.05) is 0 Å². The number of carboxylic acid groups (broad SMARTS) is 2. The van der Waals surface area contributed by atoms with Crippen molar-refractivity contribution in [3.8, 4) is 0 Å². The lowest BCUT2D eigenvalue weighted by molar-refractivity contribution is 0.151. The average Bonchev–Trinajstić information content (AvgIpc) is 3.22. The molecule has 1 heterocycles. The molecule has 168 valence electrons. The van der Waals surface area contributed by atoms with Crippen molar-refractivity contribution in [2.24, 2.45) is 0 Å². The maximum atomic E-state index is 12.0. The van der Waals surface area contributed by atoms with Gasteiger partial charge in [0.25, 0.3) is 0 Å². The summed E-state index contributed by atoms with van der Waals surface area (Å²) in [6.07, 6.45) is 15.5. The number of amides is 2. The molecule has 4 rings (SSSR count). The molecule has 1 unspecified atom stereocenters. The first kappa shape index (κ1) is 21.9. The fourth-order valence-corrected chi connectivity index (χ4v) is 11.0. The number of carbonyl (C=O) groups is 2. The largest absolute Gasteiger partial charge is 0.465 e. The van der Waals surface area contributed by atoms with Gasteiger partial charge >= 0.3 is 12.2 Å². The summed E-state index contributed by atoms with van der Waals surface area (Å²) in [6.45, 7) is 0.524. The Balaban J connectivity index is 1.74. The van der Waals surface area contributed by atoms with Crippen LogP contribution in [0.3, 0.4) is 0 Å². The second kappa shape index (κ2) is 9.89. The predicted octanol–water partition coefficient (Wildman–Crippen LogP) is 6.26. The van der Waals surface area contributed by atoms with Gasteiger partial charge in [0.2, 0.25) is 0 Å². The lowest BCUT2D eigenvalue weighted by Crippen LogP contribution is -2.36. The van der Waals surface area contributed by atoms with E-state index in [-0.39, 0.29) is 21.0 Å². The summed E-state index contributed by atoms with van der Waals surface area (Å²) in [4.78, 5) is 26.6. The zero-order valence-electron chi connectivity index (χ0n) is 18.1. The first-order valence-corrected chi connectivity index (χ1v) is 13.6. The van der Waals surface area contributed by atoms with E-state index in [0.717, 1.165) is 30.6 Å². The van der Waals surface area contributed by atoms with Crippen molar-refractivity contribution in [2.45, 2.75) is 107 Å². The second-order valence-electron chi connectivity index (χ2n) is 9.51. The molecule has 0 aromatic rings. The zero-order chi connectivity index (χ0) is 21.1. The van der Waals surface area contributed by atoms with Crippen molar-refractivity contribution in [3.63, 3.8) is 0 Å². The van der Waals surface area contributed by atoms with Crippen molar-refractivity contribution in [1.82, 2.24) is 9.80 Å². The molecule has 0 bridgehead atoms. The fourth-order valence-electron chi connectivity index (χ4n) is 6.43. The second-order valence-corrected chi connectivity index (χ2v) is 12.5. The van der Waals surface area contributed by atoms with E-state index in [0.29, 0.717) is 11.5 Å². The first-order chi connectivity index (χ1) is 14.6. The molecule has 1 atom stereocenters. The predicted molar refractivity (Wildman–Crippen MR) is 119 cm³/mol. The van der Waals surface area contributed by atoms with Crippen molar-refractivity contribution < 1.29 is 19.8 Å². The van der Waals surface area contributed by atoms with Gasteiger partial charge in [0.15, 0.2) is 0 Å². The maximum absolute atomic E-state index is 12.0. The van der Waals surface area contributed by atoms with E-state index >= 15 is 0 Å². The summed E-state index contributed by atoms with van der Waals surface area (Å²) in [6, 6.07) is 0. The fraction of sp³-hybridized carbons (Fsp3) is 0.826. The summed E-state index contributed by atoms with van der Waals surface area (Å²) in [5, 5.41) is 19.6. The summed E-state index contributed by atoms with van der Waals surface area (Å²) in [7, 11) is -0.244. The molecule has 30 heavy (non-hydrogen) atoms. The highest BCUT2D eigenvalue weighted by molar-refractivity contribution is 7.60. The van der Waals surface area contributed by atoms with Gasteiger partial charge in [-0.1, -0.05) is 52.9 Å². The molecule has 0 aromatic carbocycles. The average molecular weight is 437 g/mol. The summed E-state index contributed by atoms with van der Waals surface area (Å²) in [5.74, 6) is 0.513. The highest BCUT2D eigenvalue weighted by Crippen LogP contribution is 2.63. The molecule has 1 saturated heterocycles. The molecular formula is C23H37N2O4P. The molecule has 2 amide bonds. The van der Waals surface area contributed by atoms with Crippen LogP contribution in [0.4, 0.5) is 9.59 Å². The Hall–Kier alpha value is -1.29. The monoisotopic (exact) mass is 436 g/mol. The van der Waals surface area contributed by atoms with Gasteiger partial charge in [-0.2, -0.15) is 0 Å². The summed E-state index contributed by atoms with van der Waals surface area (Å²) >= 11 is 0. The SMILES string of the molecule is O=C(O)N1CCN(C(=O)O)C1=C1CCCCC1P(C1CCCCC1)C1CCCCC1. The van der Waals surface area contributed by atoms with E-state index < -0.39 is 12.2 Å². The Morgan fingerprint density at radius 1 is 0.700 bits per heavy atom. The van der Waals surface area contributed by atoms with Crippen molar-refractivity contribution in [3.05, 3.63) is 11.4 Å². The van der Waals surface area contributed by atoms with Gasteiger partial charge < -0.3 is 10.2 Å². The third kappa shape index (κ3) is 4.49. The normalized spacial score (nSPS) is 27.2. The minimum Gasteiger partial charge on any atom is -0.465 e. The first-order valence-electron chi connectivity index (χ1n) is 12.1. The third-order valence-electron chi connectivity index (χ3n) is 7.74. The van der Waals surface area contributed by atoms with Gasteiger partial charge in [0.1, 0.15) is 5.82 Å². The smallest absolute Gasteiger partial charge is 0.413 e. The van der Waals surface area contributed by atoms with Gasteiger partial charge in [-0.15, -0.1) is 0 Å². The highest BCUT2D eigenvalue weighted by atomic mass is 31.1. The quantitative estimate of drug-likeness (QED) is 0.512. The standard InChI is InChI=1S/C23H37N2O4P/c26-22(27)24-15-16-25(23(28)29)21(24)19-13-7-8-14-20(19)30(17-9-3-1-4-10-17)18-11-5-2-6-12-18/h17-18,20H,1-16H2,(H,26,27)(H,28,29). The molecule has 0 spiro atoms. The van der Waals surface area contributed by atoms with Gasteiger partial charge in [-0.25, -0.2) is 9.59 Å². The Bertz CT molecular complexity index is 628. The lowest BCUT2D eigenvalue weighted by atomic mass is 9.93. The Morgan fingerprint density at radius 3 is 1.63 bits per heavy atom. The minimum atomic E-state index is -1.01. The van der Waals surface area contributed by atoms with E-state index in [1.54, 1.807) is 0 Å². The molecular weight excluding hydrogens is 399 g/mol. The summed E-state index contributed by atoms with van der Waals surface area (Å²) < 4.78 is 0. The Morgan fingerprint density at radius 2 is 1.17 bits per heavy atom. The van der Waals surface area contributed by atoms with Crippen LogP contribution in [0.15, 0.2) is 11.4 Å². The molecule has 3 aliphatic carbocycles. The van der Waals surface area contributed by atoms with Gasteiger partial charge in [-0.3, -0.25) is 9.80 Å². The molecule has 4 aliphatic rings. The Labute approximate surface area is 181 Å². The van der Waals surface area contributed by atoms with Gasteiger partial charge in [-0.05, 0) is 61.8 Å². The van der Waals surface area contributed by atoms with Crippen LogP contribution in [-0.2, 0) is 0 Å². The molecule has 1 aliphatic heterocycles. The topological polar surface area (TPSA) is 81.1 Å². The van der Waals surface area contributed by atoms with Crippen molar-refractivity contribution >= 4 is 20.1 Å². The molecule has 0 radical (unpaired) electrons. The third-order valence-corrected chi connectivity index (χ3v) is 11.7. The number of hydrogen-bond donors (Lipinski definition) is 2. The molecule has 0 aromatic heterocycles. The maximum Gasteiger partial charge on any atom is 0.413 e. The lowest BCUT2D eigenvalue weighted by Gasteiger charge is -2.46.